The highest BCUT2D eigenvalue weighted by Gasteiger charge is 2.59. The number of rotatable bonds is 0. The summed E-state index contributed by atoms with van der Waals surface area (Å²) in [5.74, 6) is 0.468. The first-order chi connectivity index (χ1) is 5.58. The van der Waals surface area contributed by atoms with Crippen LogP contribution in [-0.4, -0.2) is 19.0 Å². The van der Waals surface area contributed by atoms with Gasteiger partial charge in [-0.1, -0.05) is 13.8 Å². The van der Waals surface area contributed by atoms with Crippen LogP contribution in [0.15, 0.2) is 0 Å². The quantitative estimate of drug-likeness (QED) is 0.551. The van der Waals surface area contributed by atoms with E-state index in [-0.39, 0.29) is 10.8 Å². The molecule has 2 fully saturated rings. The van der Waals surface area contributed by atoms with E-state index in [1.165, 1.54) is 0 Å². The monoisotopic (exact) mass is 168 g/mol. The van der Waals surface area contributed by atoms with Crippen molar-refractivity contribution in [2.75, 3.05) is 13.2 Å². The van der Waals surface area contributed by atoms with Gasteiger partial charge in [0.25, 0.3) is 0 Å². The third-order valence-corrected chi connectivity index (χ3v) is 3.78. The fourth-order valence-electron chi connectivity index (χ4n) is 2.69. The Morgan fingerprint density at radius 3 is 2.17 bits per heavy atom. The average Bonchev–Trinajstić information content (AvgIpc) is 2.05. The van der Waals surface area contributed by atoms with E-state index in [1.807, 2.05) is 0 Å². The molecule has 0 aromatic carbocycles. The Morgan fingerprint density at radius 1 is 1.25 bits per heavy atom. The van der Waals surface area contributed by atoms with E-state index < -0.39 is 0 Å². The first-order valence-corrected chi connectivity index (χ1v) is 4.70. The zero-order valence-electron chi connectivity index (χ0n) is 7.85. The minimum atomic E-state index is -0.00868. The third-order valence-electron chi connectivity index (χ3n) is 3.78. The summed E-state index contributed by atoms with van der Waals surface area (Å²) >= 11 is 0. The predicted molar refractivity (Wildman–Crippen MR) is 45.9 cm³/mol. The molecule has 2 nitrogen and oxygen atoms in total. The highest BCUT2D eigenvalue weighted by Crippen LogP contribution is 2.58. The second-order valence-corrected chi connectivity index (χ2v) is 4.68. The Hall–Kier alpha value is -0.370. The van der Waals surface area contributed by atoms with Gasteiger partial charge in [0.2, 0.25) is 0 Å². The summed E-state index contributed by atoms with van der Waals surface area (Å²) in [6.07, 6.45) is 2.66. The normalized spacial score (nSPS) is 31.7. The maximum Gasteiger partial charge on any atom is 0.140 e. The van der Waals surface area contributed by atoms with E-state index in [0.29, 0.717) is 5.78 Å². The van der Waals surface area contributed by atoms with Crippen LogP contribution >= 0.6 is 0 Å². The Balaban J connectivity index is 2.22. The molecule has 2 heteroatoms. The first-order valence-electron chi connectivity index (χ1n) is 4.70. The van der Waals surface area contributed by atoms with E-state index in [1.54, 1.807) is 0 Å². The van der Waals surface area contributed by atoms with E-state index in [2.05, 4.69) is 13.8 Å². The molecule has 2 rings (SSSR count). The van der Waals surface area contributed by atoms with Crippen LogP contribution in [0.1, 0.15) is 33.1 Å². The molecule has 1 saturated carbocycles. The van der Waals surface area contributed by atoms with Gasteiger partial charge in [0.1, 0.15) is 5.78 Å². The predicted octanol–water partition coefficient (Wildman–Crippen LogP) is 1.78. The lowest BCUT2D eigenvalue weighted by Gasteiger charge is -2.56. The van der Waals surface area contributed by atoms with Gasteiger partial charge >= 0.3 is 0 Å². The fraction of sp³-hybridized carbons (Fsp3) is 0.900. The second kappa shape index (κ2) is 2.32. The summed E-state index contributed by atoms with van der Waals surface area (Å²) in [5.41, 5.74) is 0.221. The molecule has 0 atom stereocenters. The van der Waals surface area contributed by atoms with Gasteiger partial charge in [-0.15, -0.1) is 0 Å². The summed E-state index contributed by atoms with van der Waals surface area (Å²) < 4.78 is 5.29. The lowest BCUT2D eigenvalue weighted by molar-refractivity contribution is -0.169. The lowest BCUT2D eigenvalue weighted by Crippen LogP contribution is -2.58. The zero-order chi connectivity index (χ0) is 8.82. The minimum Gasteiger partial charge on any atom is -0.381 e. The van der Waals surface area contributed by atoms with Crippen LogP contribution in [0.4, 0.5) is 0 Å². The van der Waals surface area contributed by atoms with Crippen molar-refractivity contribution in [1.82, 2.24) is 0 Å². The fourth-order valence-corrected chi connectivity index (χ4v) is 2.69. The molecule has 0 amide bonds. The Bertz CT molecular complexity index is 212. The maximum atomic E-state index is 11.6. The van der Waals surface area contributed by atoms with Gasteiger partial charge in [-0.2, -0.15) is 0 Å². The zero-order valence-corrected chi connectivity index (χ0v) is 7.85. The number of hydrogen-bond acceptors (Lipinski definition) is 2. The van der Waals surface area contributed by atoms with Crippen LogP contribution in [0, 0.1) is 10.8 Å². The molecule has 0 radical (unpaired) electrons. The number of Topliss-reactive ketones (excluding diaryl/α,β-unsaturated/α-hetero) is 1. The Morgan fingerprint density at radius 2 is 1.83 bits per heavy atom. The standard InChI is InChI=1S/C10H16O2/c1-9(2)7-8(11)10(9)3-5-12-6-4-10/h3-7H2,1-2H3. The topological polar surface area (TPSA) is 26.3 Å². The highest BCUT2D eigenvalue weighted by atomic mass is 16.5. The molecule has 1 heterocycles. The average molecular weight is 168 g/mol. The third kappa shape index (κ3) is 0.817. The summed E-state index contributed by atoms with van der Waals surface area (Å²) in [7, 11) is 0. The SMILES string of the molecule is CC1(C)CC(=O)C12CCOCC2. The van der Waals surface area contributed by atoms with Gasteiger partial charge < -0.3 is 4.74 Å². The van der Waals surface area contributed by atoms with Crippen molar-refractivity contribution in [2.24, 2.45) is 10.8 Å². The van der Waals surface area contributed by atoms with Crippen molar-refractivity contribution in [1.29, 1.82) is 0 Å². The summed E-state index contributed by atoms with van der Waals surface area (Å²) in [6, 6.07) is 0. The van der Waals surface area contributed by atoms with E-state index in [0.717, 1.165) is 32.5 Å². The second-order valence-electron chi connectivity index (χ2n) is 4.68. The summed E-state index contributed by atoms with van der Waals surface area (Å²) in [5, 5.41) is 0. The first kappa shape index (κ1) is 8.24. The van der Waals surface area contributed by atoms with Crippen molar-refractivity contribution < 1.29 is 9.53 Å². The van der Waals surface area contributed by atoms with Crippen molar-refractivity contribution in [3.8, 4) is 0 Å². The molecule has 0 bridgehead atoms. The largest absolute Gasteiger partial charge is 0.381 e. The van der Waals surface area contributed by atoms with Crippen molar-refractivity contribution in [3.05, 3.63) is 0 Å². The molecule has 68 valence electrons. The molecule has 1 aliphatic carbocycles. The molecule has 1 saturated heterocycles. The van der Waals surface area contributed by atoms with Crippen LogP contribution in [-0.2, 0) is 9.53 Å². The van der Waals surface area contributed by atoms with Crippen LogP contribution in [0.25, 0.3) is 0 Å². The number of carbonyl (C=O) groups excluding carboxylic acids is 1. The Labute approximate surface area is 73.3 Å². The van der Waals surface area contributed by atoms with E-state index in [9.17, 15) is 4.79 Å². The molecule has 1 aliphatic heterocycles. The molecule has 0 N–H and O–H groups in total. The van der Waals surface area contributed by atoms with Crippen LogP contribution in [0.5, 0.6) is 0 Å². The lowest BCUT2D eigenvalue weighted by atomic mass is 9.47. The van der Waals surface area contributed by atoms with Gasteiger partial charge in [0, 0.05) is 25.0 Å². The van der Waals surface area contributed by atoms with Crippen molar-refractivity contribution in [2.45, 2.75) is 33.1 Å². The minimum absolute atomic E-state index is 0.00868. The van der Waals surface area contributed by atoms with E-state index >= 15 is 0 Å². The van der Waals surface area contributed by atoms with Gasteiger partial charge in [-0.05, 0) is 18.3 Å². The van der Waals surface area contributed by atoms with Crippen LogP contribution in [0.2, 0.25) is 0 Å². The number of ketones is 1. The number of ether oxygens (including phenoxy) is 1. The van der Waals surface area contributed by atoms with Gasteiger partial charge in [0.05, 0.1) is 0 Å². The van der Waals surface area contributed by atoms with Gasteiger partial charge in [-0.25, -0.2) is 0 Å². The Kier molecular flexibility index (Phi) is 1.59. The summed E-state index contributed by atoms with van der Waals surface area (Å²) in [4.78, 5) is 11.6. The molecule has 0 unspecified atom stereocenters. The highest BCUT2D eigenvalue weighted by molar-refractivity contribution is 5.92. The maximum absolute atomic E-state index is 11.6. The smallest absolute Gasteiger partial charge is 0.140 e. The molecule has 0 aromatic heterocycles. The van der Waals surface area contributed by atoms with Gasteiger partial charge in [-0.3, -0.25) is 4.79 Å². The number of hydrogen-bond donors (Lipinski definition) is 0. The molecule has 2 aliphatic rings. The summed E-state index contributed by atoms with van der Waals surface area (Å²) in [6.45, 7) is 5.96. The molecule has 12 heavy (non-hydrogen) atoms. The molecular formula is C10H16O2. The van der Waals surface area contributed by atoms with Crippen molar-refractivity contribution >= 4 is 5.78 Å². The van der Waals surface area contributed by atoms with Gasteiger partial charge in [0.15, 0.2) is 0 Å². The molecule has 1 spiro atoms. The van der Waals surface area contributed by atoms with Crippen LogP contribution < -0.4 is 0 Å². The van der Waals surface area contributed by atoms with Crippen LogP contribution in [0.3, 0.4) is 0 Å². The number of carbonyl (C=O) groups is 1. The molecule has 0 aromatic rings. The molecular weight excluding hydrogens is 152 g/mol. The van der Waals surface area contributed by atoms with E-state index in [4.69, 9.17) is 4.74 Å². The van der Waals surface area contributed by atoms with Crippen molar-refractivity contribution in [3.63, 3.8) is 0 Å².